The van der Waals surface area contributed by atoms with Gasteiger partial charge in [0.25, 0.3) is 0 Å². The molecule has 0 saturated heterocycles. The molecule has 1 heterocycles. The summed E-state index contributed by atoms with van der Waals surface area (Å²) in [6.45, 7) is -0.0331. The molecule has 0 amide bonds. The molecule has 0 aromatic heterocycles. The third kappa shape index (κ3) is 4.38. The number of rotatable bonds is 7. The van der Waals surface area contributed by atoms with Crippen LogP contribution in [0, 0.1) is 0 Å². The molecule has 32 heavy (non-hydrogen) atoms. The molecular weight excluding hydrogens is 465 g/mol. The van der Waals surface area contributed by atoms with Crippen LogP contribution in [0.5, 0.6) is 5.75 Å². The Labute approximate surface area is 189 Å². The first-order valence-corrected chi connectivity index (χ1v) is 12.1. The second-order valence-electron chi connectivity index (χ2n) is 7.93. The Bertz CT molecular complexity index is 1130. The lowest BCUT2D eigenvalue weighted by molar-refractivity contribution is -0.0448. The SMILES string of the molecule is O=S(=O)(NCCOc1ccc2c(c1)C(C1(c3ccc(Cl)cc3)CCC1)=NCC2)C(F)(F)F. The van der Waals surface area contributed by atoms with E-state index in [9.17, 15) is 21.6 Å². The Morgan fingerprint density at radius 3 is 2.47 bits per heavy atom. The predicted octanol–water partition coefficient (Wildman–Crippen LogP) is 4.63. The Morgan fingerprint density at radius 2 is 1.84 bits per heavy atom. The van der Waals surface area contributed by atoms with Crippen LogP contribution in [0.15, 0.2) is 47.5 Å². The summed E-state index contributed by atoms with van der Waals surface area (Å²) in [6.07, 6.45) is 3.82. The lowest BCUT2D eigenvalue weighted by Gasteiger charge is -2.45. The zero-order valence-corrected chi connectivity index (χ0v) is 18.7. The molecule has 1 fully saturated rings. The van der Waals surface area contributed by atoms with Gasteiger partial charge in [-0.05, 0) is 54.7 Å². The van der Waals surface area contributed by atoms with Crippen molar-refractivity contribution in [3.63, 3.8) is 0 Å². The monoisotopic (exact) mass is 486 g/mol. The Morgan fingerprint density at radius 1 is 1.12 bits per heavy atom. The highest BCUT2D eigenvalue weighted by Gasteiger charge is 2.46. The molecule has 1 N–H and O–H groups in total. The van der Waals surface area contributed by atoms with Crippen molar-refractivity contribution < 1.29 is 26.3 Å². The van der Waals surface area contributed by atoms with Crippen molar-refractivity contribution in [1.29, 1.82) is 0 Å². The molecule has 0 bridgehead atoms. The first kappa shape index (κ1) is 23.1. The number of fused-ring (bicyclic) bond motifs is 1. The van der Waals surface area contributed by atoms with Gasteiger partial charge in [0.1, 0.15) is 12.4 Å². The van der Waals surface area contributed by atoms with E-state index in [1.165, 1.54) is 4.72 Å². The van der Waals surface area contributed by atoms with Crippen LogP contribution in [-0.2, 0) is 21.9 Å². The minimum absolute atomic E-state index is 0.194. The van der Waals surface area contributed by atoms with Crippen molar-refractivity contribution in [2.24, 2.45) is 4.99 Å². The highest BCUT2D eigenvalue weighted by atomic mass is 35.5. The number of alkyl halides is 3. The standard InChI is InChI=1S/C22H22ClF3N2O3S/c23-17-5-3-16(4-6-17)21(9-1-10-21)20-19-14-18(7-2-15(19)8-11-27-20)31-13-12-28-32(29,30)22(24,25)26/h2-7,14,28H,1,8-13H2. The number of nitrogens with one attached hydrogen (secondary N) is 1. The van der Waals surface area contributed by atoms with E-state index >= 15 is 0 Å². The average Bonchev–Trinajstić information content (AvgIpc) is 2.71. The summed E-state index contributed by atoms with van der Waals surface area (Å²) in [5.41, 5.74) is -1.27. The van der Waals surface area contributed by atoms with Gasteiger partial charge < -0.3 is 4.74 Å². The third-order valence-electron chi connectivity index (χ3n) is 6.01. The van der Waals surface area contributed by atoms with Gasteiger partial charge in [-0.25, -0.2) is 13.1 Å². The largest absolute Gasteiger partial charge is 0.511 e. The molecule has 0 radical (unpaired) electrons. The zero-order valence-electron chi connectivity index (χ0n) is 17.1. The first-order chi connectivity index (χ1) is 15.1. The van der Waals surface area contributed by atoms with Gasteiger partial charge in [-0.15, -0.1) is 0 Å². The van der Waals surface area contributed by atoms with Gasteiger partial charge in [0.15, 0.2) is 0 Å². The van der Waals surface area contributed by atoms with Crippen LogP contribution in [0.1, 0.15) is 36.0 Å². The summed E-state index contributed by atoms with van der Waals surface area (Å²) in [5.74, 6) is 0.454. The lowest BCUT2D eigenvalue weighted by atomic mass is 9.59. The van der Waals surface area contributed by atoms with E-state index in [-0.39, 0.29) is 12.0 Å². The fourth-order valence-corrected chi connectivity index (χ4v) is 4.90. The molecule has 0 atom stereocenters. The number of ether oxygens (including phenoxy) is 1. The zero-order chi connectivity index (χ0) is 23.0. The normalized spacial score (nSPS) is 17.8. The Balaban J connectivity index is 1.52. The van der Waals surface area contributed by atoms with E-state index in [0.29, 0.717) is 17.3 Å². The van der Waals surface area contributed by atoms with E-state index in [1.807, 2.05) is 36.4 Å². The number of sulfonamides is 1. The summed E-state index contributed by atoms with van der Waals surface area (Å²) in [7, 11) is -5.38. The molecule has 1 aliphatic heterocycles. The van der Waals surface area contributed by atoms with Gasteiger partial charge in [0, 0.05) is 29.1 Å². The summed E-state index contributed by atoms with van der Waals surface area (Å²) in [4.78, 5) is 4.87. The molecule has 2 aromatic rings. The van der Waals surface area contributed by atoms with Crippen LogP contribution >= 0.6 is 11.6 Å². The summed E-state index contributed by atoms with van der Waals surface area (Å²) >= 11 is 6.07. The fourth-order valence-electron chi connectivity index (χ4n) is 4.25. The van der Waals surface area contributed by atoms with Gasteiger partial charge in [0.2, 0.25) is 0 Å². The molecule has 1 saturated carbocycles. The number of nitrogens with zero attached hydrogens (tertiary/aromatic N) is 1. The molecule has 5 nitrogen and oxygen atoms in total. The van der Waals surface area contributed by atoms with Gasteiger partial charge in [-0.2, -0.15) is 13.2 Å². The van der Waals surface area contributed by atoms with Crippen LogP contribution in [0.4, 0.5) is 13.2 Å². The van der Waals surface area contributed by atoms with Gasteiger partial charge >= 0.3 is 15.5 Å². The van der Waals surface area contributed by atoms with Crippen LogP contribution in [0.3, 0.4) is 0 Å². The second-order valence-corrected chi connectivity index (χ2v) is 10.1. The molecule has 2 aromatic carbocycles. The second kappa shape index (κ2) is 8.68. The lowest BCUT2D eigenvalue weighted by Crippen LogP contribution is -2.44. The van der Waals surface area contributed by atoms with Crippen molar-refractivity contribution >= 4 is 27.3 Å². The van der Waals surface area contributed by atoms with Crippen molar-refractivity contribution in [2.45, 2.75) is 36.6 Å². The van der Waals surface area contributed by atoms with E-state index in [2.05, 4.69) is 0 Å². The number of hydrogen-bond acceptors (Lipinski definition) is 4. The molecule has 10 heteroatoms. The molecular formula is C22H22ClF3N2O3S. The summed E-state index contributed by atoms with van der Waals surface area (Å²) < 4.78 is 66.5. The topological polar surface area (TPSA) is 67.8 Å². The van der Waals surface area contributed by atoms with E-state index in [1.54, 1.807) is 6.07 Å². The van der Waals surface area contributed by atoms with E-state index in [4.69, 9.17) is 21.3 Å². The minimum Gasteiger partial charge on any atom is -0.492 e. The van der Waals surface area contributed by atoms with Crippen LogP contribution in [-0.4, -0.2) is 39.3 Å². The average molecular weight is 487 g/mol. The Hall–Kier alpha value is -2.10. The van der Waals surface area contributed by atoms with Crippen molar-refractivity contribution in [1.82, 2.24) is 4.72 Å². The highest BCUT2D eigenvalue weighted by molar-refractivity contribution is 7.90. The molecule has 0 spiro atoms. The molecule has 4 rings (SSSR count). The molecule has 1 aliphatic carbocycles. The first-order valence-electron chi connectivity index (χ1n) is 10.3. The minimum atomic E-state index is -5.38. The van der Waals surface area contributed by atoms with Crippen LogP contribution < -0.4 is 9.46 Å². The number of hydrogen-bond donors (Lipinski definition) is 1. The smallest absolute Gasteiger partial charge is 0.492 e. The third-order valence-corrected chi connectivity index (χ3v) is 7.46. The summed E-state index contributed by atoms with van der Waals surface area (Å²) in [6, 6.07) is 13.4. The van der Waals surface area contributed by atoms with E-state index < -0.39 is 22.1 Å². The molecule has 172 valence electrons. The predicted molar refractivity (Wildman–Crippen MR) is 117 cm³/mol. The Kier molecular flexibility index (Phi) is 6.26. The van der Waals surface area contributed by atoms with Crippen LogP contribution in [0.25, 0.3) is 0 Å². The fraction of sp³-hybridized carbons (Fsp3) is 0.409. The number of benzene rings is 2. The quantitative estimate of drug-likeness (QED) is 0.580. The van der Waals surface area contributed by atoms with Crippen LogP contribution in [0.2, 0.25) is 5.02 Å². The maximum atomic E-state index is 12.4. The van der Waals surface area contributed by atoms with Gasteiger partial charge in [0.05, 0.1) is 5.71 Å². The summed E-state index contributed by atoms with van der Waals surface area (Å²) in [5, 5.41) is 0.672. The van der Waals surface area contributed by atoms with E-state index in [0.717, 1.165) is 48.1 Å². The number of aliphatic imine (C=N–C) groups is 1. The maximum Gasteiger partial charge on any atom is 0.511 e. The molecule has 2 aliphatic rings. The van der Waals surface area contributed by atoms with Gasteiger partial charge in [-0.3, -0.25) is 4.99 Å². The van der Waals surface area contributed by atoms with Crippen molar-refractivity contribution in [3.8, 4) is 5.75 Å². The van der Waals surface area contributed by atoms with Gasteiger partial charge in [-0.1, -0.05) is 36.2 Å². The van der Waals surface area contributed by atoms with Crippen molar-refractivity contribution in [2.75, 3.05) is 19.7 Å². The number of halogens is 4. The maximum absolute atomic E-state index is 12.4. The highest BCUT2D eigenvalue weighted by Crippen LogP contribution is 2.48. The molecule has 0 unspecified atom stereocenters. The van der Waals surface area contributed by atoms with Crippen molar-refractivity contribution in [3.05, 3.63) is 64.2 Å².